The molecule has 5 atom stereocenters. The summed E-state index contributed by atoms with van der Waals surface area (Å²) in [5, 5.41) is 43.6. The van der Waals surface area contributed by atoms with Crippen molar-refractivity contribution in [1.82, 2.24) is 0 Å². The largest absolute Gasteiger partial charge is 0.490 e. The summed E-state index contributed by atoms with van der Waals surface area (Å²) in [6.45, 7) is 5.26. The molecule has 1 fully saturated rings. The Morgan fingerprint density at radius 1 is 1.03 bits per heavy atom. The second-order valence-corrected chi connectivity index (χ2v) is 8.64. The van der Waals surface area contributed by atoms with Gasteiger partial charge in [-0.05, 0) is 46.7 Å². The molecule has 168 valence electrons. The quantitative estimate of drug-likeness (QED) is 0.492. The van der Waals surface area contributed by atoms with Gasteiger partial charge in [0.05, 0.1) is 12.3 Å². The van der Waals surface area contributed by atoms with Crippen molar-refractivity contribution < 1.29 is 29.9 Å². The van der Waals surface area contributed by atoms with Crippen LogP contribution in [0.3, 0.4) is 0 Å². The zero-order valence-corrected chi connectivity index (χ0v) is 17.9. The molecule has 2 aliphatic rings. The number of ether oxygens (including phenoxy) is 2. The van der Waals surface area contributed by atoms with Crippen LogP contribution < -0.4 is 10.1 Å². The predicted octanol–water partition coefficient (Wildman–Crippen LogP) is 1.72. The molecule has 0 radical (unpaired) electrons. The molecular weight excluding hydrogens is 398 g/mol. The van der Waals surface area contributed by atoms with Crippen LogP contribution >= 0.6 is 0 Å². The average Bonchev–Trinajstić information content (AvgIpc) is 2.77. The van der Waals surface area contributed by atoms with Crippen LogP contribution in [0, 0.1) is 0 Å². The fourth-order valence-corrected chi connectivity index (χ4v) is 4.41. The van der Waals surface area contributed by atoms with Crippen molar-refractivity contribution in [1.29, 1.82) is 0 Å². The summed E-state index contributed by atoms with van der Waals surface area (Å²) in [4.78, 5) is 0. The van der Waals surface area contributed by atoms with E-state index in [9.17, 15) is 20.4 Å². The first-order chi connectivity index (χ1) is 14.9. The number of fused-ring (bicyclic) bond motifs is 1. The number of aliphatic hydroxyl groups is 4. The molecule has 2 aromatic carbocycles. The summed E-state index contributed by atoms with van der Waals surface area (Å²) in [5.74, 6) is 1.16. The maximum atomic E-state index is 10.5. The van der Waals surface area contributed by atoms with Gasteiger partial charge in [0.25, 0.3) is 0 Å². The topological polar surface area (TPSA) is 111 Å². The van der Waals surface area contributed by atoms with Gasteiger partial charge in [-0.25, -0.2) is 0 Å². The van der Waals surface area contributed by atoms with E-state index in [1.807, 2.05) is 24.3 Å². The highest BCUT2D eigenvalue weighted by Gasteiger charge is 2.44. The van der Waals surface area contributed by atoms with Crippen LogP contribution in [0.5, 0.6) is 5.75 Å². The maximum Gasteiger partial charge on any atom is 0.142 e. The molecule has 31 heavy (non-hydrogen) atoms. The molecule has 0 spiro atoms. The minimum atomic E-state index is -1.39. The van der Waals surface area contributed by atoms with Gasteiger partial charge in [-0.1, -0.05) is 38.1 Å². The molecule has 2 aromatic rings. The Kier molecular flexibility index (Phi) is 6.50. The number of aliphatic hydroxyl groups excluding tert-OH is 4. The number of rotatable bonds is 5. The molecule has 7 heteroatoms. The zero-order chi connectivity index (χ0) is 22.1. The normalized spacial score (nSPS) is 28.0. The first-order valence-corrected chi connectivity index (χ1v) is 10.8. The molecule has 2 unspecified atom stereocenters. The molecule has 7 nitrogen and oxygen atoms in total. The van der Waals surface area contributed by atoms with E-state index in [-0.39, 0.29) is 0 Å². The van der Waals surface area contributed by atoms with Crippen LogP contribution in [0.15, 0.2) is 36.4 Å². The smallest absolute Gasteiger partial charge is 0.142 e. The minimum absolute atomic E-state index is 0.304. The van der Waals surface area contributed by atoms with Gasteiger partial charge in [0.2, 0.25) is 0 Å². The minimum Gasteiger partial charge on any atom is -0.490 e. The lowest BCUT2D eigenvalue weighted by molar-refractivity contribution is -0.231. The highest BCUT2D eigenvalue weighted by Crippen LogP contribution is 2.35. The van der Waals surface area contributed by atoms with Gasteiger partial charge in [-0.2, -0.15) is 0 Å². The van der Waals surface area contributed by atoms with Gasteiger partial charge in [-0.15, -0.1) is 0 Å². The third-order valence-corrected chi connectivity index (χ3v) is 6.12. The highest BCUT2D eigenvalue weighted by molar-refractivity contribution is 5.60. The lowest BCUT2D eigenvalue weighted by atomic mass is 9.86. The van der Waals surface area contributed by atoms with E-state index in [1.165, 1.54) is 5.56 Å². The van der Waals surface area contributed by atoms with E-state index in [2.05, 4.69) is 31.3 Å². The van der Waals surface area contributed by atoms with Gasteiger partial charge >= 0.3 is 0 Å². The number of nitrogens with one attached hydrogen (secondary N) is 1. The lowest BCUT2D eigenvalue weighted by Gasteiger charge is -2.40. The Hall–Kier alpha value is -2.16. The summed E-state index contributed by atoms with van der Waals surface area (Å²) >= 11 is 0. The molecular formula is C24H31NO6. The Balaban J connectivity index is 1.65. The van der Waals surface area contributed by atoms with Crippen LogP contribution in [0.25, 0.3) is 0 Å². The van der Waals surface area contributed by atoms with E-state index in [0.29, 0.717) is 24.5 Å². The Morgan fingerprint density at radius 2 is 1.84 bits per heavy atom. The summed E-state index contributed by atoms with van der Waals surface area (Å²) in [6.07, 6.45) is -5.13. The average molecular weight is 430 g/mol. The molecule has 0 saturated carbocycles. The van der Waals surface area contributed by atoms with Crippen LogP contribution in [0.2, 0.25) is 0 Å². The number of hydrogen-bond donors (Lipinski definition) is 5. The van der Waals surface area contributed by atoms with E-state index in [1.54, 1.807) is 0 Å². The Labute approximate surface area is 182 Å². The molecule has 2 aliphatic heterocycles. The Bertz CT molecular complexity index is 915. The zero-order valence-electron chi connectivity index (χ0n) is 17.9. The van der Waals surface area contributed by atoms with Crippen LogP contribution in [0.1, 0.15) is 48.1 Å². The lowest BCUT2D eigenvalue weighted by Crippen LogP contribution is -2.55. The maximum absolute atomic E-state index is 10.5. The van der Waals surface area contributed by atoms with E-state index < -0.39 is 37.1 Å². The fourth-order valence-electron chi connectivity index (χ4n) is 4.41. The van der Waals surface area contributed by atoms with Crippen LogP contribution in [-0.4, -0.2) is 64.6 Å². The fraction of sp³-hybridized carbons (Fsp3) is 0.500. The second kappa shape index (κ2) is 9.14. The van der Waals surface area contributed by atoms with Gasteiger partial charge in [-0.3, -0.25) is 0 Å². The van der Waals surface area contributed by atoms with Crippen molar-refractivity contribution in [3.8, 4) is 5.75 Å². The molecule has 0 bridgehead atoms. The van der Waals surface area contributed by atoms with Crippen molar-refractivity contribution in [2.45, 2.75) is 56.7 Å². The first-order valence-electron chi connectivity index (χ1n) is 10.8. The van der Waals surface area contributed by atoms with Crippen molar-refractivity contribution in [2.24, 2.45) is 0 Å². The second-order valence-electron chi connectivity index (χ2n) is 8.64. The monoisotopic (exact) mass is 429 g/mol. The summed E-state index contributed by atoms with van der Waals surface area (Å²) in [6, 6.07) is 12.0. The molecule has 2 heterocycles. The number of hydrogen-bond acceptors (Lipinski definition) is 7. The molecule has 4 rings (SSSR count). The van der Waals surface area contributed by atoms with Gasteiger partial charge in [0.15, 0.2) is 0 Å². The molecule has 1 saturated heterocycles. The van der Waals surface area contributed by atoms with Gasteiger partial charge in [0.1, 0.15) is 42.9 Å². The Morgan fingerprint density at radius 3 is 2.58 bits per heavy atom. The summed E-state index contributed by atoms with van der Waals surface area (Å²) < 4.78 is 11.4. The number of anilines is 1. The van der Waals surface area contributed by atoms with Crippen molar-refractivity contribution >= 4 is 5.69 Å². The molecule has 0 amide bonds. The third-order valence-electron chi connectivity index (χ3n) is 6.12. The molecule has 5 N–H and O–H groups in total. The SMILES string of the molecule is CC(C)c1ccc(C2OC(CO)[C@@H](O)[C@H](O)[C@H]2O)cc1Cc1ccc2c(c1)NCCO2. The standard InChI is InChI=1S/C24H31NO6/c1-13(2)17-5-4-15(24-23(29)22(28)21(27)20(12-26)31-24)11-16(17)9-14-3-6-19-18(10-14)25-7-8-30-19/h3-6,10-11,13,20-29H,7-9,12H2,1-2H3/t20?,21-,22+,23-,24?/m1/s1. The summed E-state index contributed by atoms with van der Waals surface area (Å²) in [5.41, 5.74) is 5.11. The van der Waals surface area contributed by atoms with Crippen LogP contribution in [0.4, 0.5) is 5.69 Å². The van der Waals surface area contributed by atoms with Crippen LogP contribution in [-0.2, 0) is 11.2 Å². The van der Waals surface area contributed by atoms with Gasteiger partial charge < -0.3 is 35.2 Å². The van der Waals surface area contributed by atoms with E-state index >= 15 is 0 Å². The first kappa shape index (κ1) is 22.0. The predicted molar refractivity (Wildman–Crippen MR) is 116 cm³/mol. The number of benzene rings is 2. The van der Waals surface area contributed by atoms with Crippen molar-refractivity contribution in [2.75, 3.05) is 25.1 Å². The molecule has 0 aromatic heterocycles. The van der Waals surface area contributed by atoms with Gasteiger partial charge in [0, 0.05) is 6.54 Å². The van der Waals surface area contributed by atoms with E-state index in [4.69, 9.17) is 9.47 Å². The third kappa shape index (κ3) is 4.42. The molecule has 0 aliphatic carbocycles. The van der Waals surface area contributed by atoms with E-state index in [0.717, 1.165) is 29.1 Å². The van der Waals surface area contributed by atoms with Crippen molar-refractivity contribution in [3.63, 3.8) is 0 Å². The van der Waals surface area contributed by atoms with Crippen molar-refractivity contribution in [3.05, 3.63) is 58.7 Å². The summed E-state index contributed by atoms with van der Waals surface area (Å²) in [7, 11) is 0. The highest BCUT2D eigenvalue weighted by atomic mass is 16.5.